The van der Waals surface area contributed by atoms with Crippen LogP contribution in [0.25, 0.3) is 0 Å². The number of hydrogen-bond donors (Lipinski definition) is 0. The molecule has 2 heteroatoms. The Bertz CT molecular complexity index is 323. The first-order valence-electron chi connectivity index (χ1n) is 6.03. The van der Waals surface area contributed by atoms with E-state index in [1.165, 1.54) is 11.1 Å². The Kier molecular flexibility index (Phi) is 9.06. The van der Waals surface area contributed by atoms with E-state index in [4.69, 9.17) is 0 Å². The Hall–Kier alpha value is 0.415. The van der Waals surface area contributed by atoms with Crippen LogP contribution in [0, 0.1) is 13.8 Å². The number of rotatable bonds is 4. The summed E-state index contributed by atoms with van der Waals surface area (Å²) in [5.74, 6) is 0. The molecule has 0 radical (unpaired) electrons. The molecular weight excluding hydrogens is 206 g/mol. The van der Waals surface area contributed by atoms with Gasteiger partial charge in [0.05, 0.1) is 0 Å². The summed E-state index contributed by atoms with van der Waals surface area (Å²) in [5, 5.41) is 0. The number of hydrogen-bond acceptors (Lipinski definition) is 0. The van der Waals surface area contributed by atoms with Crippen LogP contribution in [-0.4, -0.2) is 0 Å². The summed E-state index contributed by atoms with van der Waals surface area (Å²) in [6, 6.07) is 8.87. The van der Waals surface area contributed by atoms with Gasteiger partial charge in [0.25, 0.3) is 0 Å². The fourth-order valence-electron chi connectivity index (χ4n) is 1.65. The monoisotopic (exact) mass is 230 g/mol. The van der Waals surface area contributed by atoms with Crippen LogP contribution < -0.4 is 37.7 Å². The molecule has 1 aromatic carbocycles. The molecule has 0 aliphatic rings. The molecule has 0 spiro atoms. The average molecular weight is 230 g/mol. The smallest absolute Gasteiger partial charge is 0.342 e. The van der Waals surface area contributed by atoms with Crippen LogP contribution in [0.15, 0.2) is 24.3 Å². The van der Waals surface area contributed by atoms with Crippen molar-refractivity contribution in [3.8, 4) is 0 Å². The van der Waals surface area contributed by atoms with Gasteiger partial charge in [0.1, 0.15) is 0 Å². The Labute approximate surface area is 138 Å². The molecule has 1 aromatic rings. The van der Waals surface area contributed by atoms with Gasteiger partial charge in [0.2, 0.25) is 0 Å². The summed E-state index contributed by atoms with van der Waals surface area (Å²) in [7, 11) is 0. The van der Waals surface area contributed by atoms with Crippen LogP contribution in [0.5, 0.6) is 0 Å². The molecule has 0 heterocycles. The maximum absolute atomic E-state index is 4.03. The zero-order chi connectivity index (χ0) is 12.4. The van der Waals surface area contributed by atoms with E-state index in [1.54, 1.807) is 0 Å². The third-order valence-electron chi connectivity index (χ3n) is 3.68. The van der Waals surface area contributed by atoms with E-state index in [2.05, 4.69) is 65.8 Å². The van der Waals surface area contributed by atoms with Crippen molar-refractivity contribution in [2.24, 2.45) is 0 Å². The van der Waals surface area contributed by atoms with Gasteiger partial charge >= 0.3 is 37.7 Å². The van der Waals surface area contributed by atoms with E-state index >= 15 is 0 Å². The fourth-order valence-corrected chi connectivity index (χ4v) is 1.65. The maximum atomic E-state index is 4.03. The van der Waals surface area contributed by atoms with Gasteiger partial charge in [0, 0.05) is 0 Å². The van der Waals surface area contributed by atoms with E-state index < -0.39 is 0 Å². The molecule has 0 N–H and O–H groups in total. The van der Waals surface area contributed by atoms with Crippen molar-refractivity contribution < 1.29 is 37.7 Å². The molecule has 18 heavy (non-hydrogen) atoms. The summed E-state index contributed by atoms with van der Waals surface area (Å²) < 4.78 is 0. The maximum Gasteiger partial charge on any atom is 1.00 e. The van der Waals surface area contributed by atoms with Crippen molar-refractivity contribution in [3.05, 3.63) is 49.2 Å². The van der Waals surface area contributed by atoms with Crippen molar-refractivity contribution in [2.75, 3.05) is 0 Å². The molecule has 90 valence electrons. The van der Waals surface area contributed by atoms with Gasteiger partial charge < -0.3 is 13.8 Å². The van der Waals surface area contributed by atoms with Crippen molar-refractivity contribution in [1.29, 1.82) is 0 Å². The van der Waals surface area contributed by atoms with E-state index in [-0.39, 0.29) is 48.6 Å². The summed E-state index contributed by atoms with van der Waals surface area (Å²) in [6.45, 7) is 17.1. The minimum Gasteiger partial charge on any atom is -0.342 e. The predicted octanol–water partition coefficient (Wildman–Crippen LogP) is -1.30. The summed E-state index contributed by atoms with van der Waals surface area (Å²) >= 11 is 0. The van der Waals surface area contributed by atoms with Crippen LogP contribution in [0.4, 0.5) is 0 Å². The van der Waals surface area contributed by atoms with Crippen molar-refractivity contribution in [1.82, 2.24) is 0 Å². The molecule has 0 aromatic heterocycles. The molecule has 0 fully saturated rings. The minimum atomic E-state index is 0. The second kappa shape index (κ2) is 7.87. The number of benzene rings is 1. The van der Waals surface area contributed by atoms with Gasteiger partial charge in [-0.25, -0.2) is 0 Å². The topological polar surface area (TPSA) is 0 Å². The van der Waals surface area contributed by atoms with Gasteiger partial charge in [-0.05, 0) is 22.0 Å². The van der Waals surface area contributed by atoms with E-state index in [0.717, 1.165) is 12.8 Å². The molecule has 0 saturated carbocycles. The molecule has 0 unspecified atom stereocenters. The molecule has 0 aliphatic heterocycles. The molecule has 0 saturated heterocycles. The molecule has 0 nitrogen and oxygen atoms in total. The standard InChI is InChI=1S/C16H24.2Li/c1-7-15(3,4)13-10-9-11-14(12-13)16(5,6)8-2;;/h9-12H,1-2,7-8H2,3-6H3;;/q-2;2*+1. The Balaban J connectivity index is 0. The molecule has 0 atom stereocenters. The summed E-state index contributed by atoms with van der Waals surface area (Å²) in [4.78, 5) is 0. The van der Waals surface area contributed by atoms with Crippen LogP contribution in [-0.2, 0) is 10.8 Å². The second-order valence-corrected chi connectivity index (χ2v) is 5.85. The molecular formula is C16H24Li2. The van der Waals surface area contributed by atoms with Crippen LogP contribution in [0.3, 0.4) is 0 Å². The zero-order valence-corrected chi connectivity index (χ0v) is 13.1. The molecule has 0 bridgehead atoms. The van der Waals surface area contributed by atoms with Crippen molar-refractivity contribution in [3.63, 3.8) is 0 Å². The first-order chi connectivity index (χ1) is 7.33. The molecule has 0 amide bonds. The fraction of sp³-hybridized carbons (Fsp3) is 0.500. The Morgan fingerprint density at radius 3 is 1.44 bits per heavy atom. The molecule has 1 rings (SSSR count). The molecule has 0 aliphatic carbocycles. The van der Waals surface area contributed by atoms with E-state index in [0.29, 0.717) is 0 Å². The third-order valence-corrected chi connectivity index (χ3v) is 3.68. The summed E-state index contributed by atoms with van der Waals surface area (Å²) in [6.07, 6.45) is 1.84. The predicted molar refractivity (Wildman–Crippen MR) is 72.4 cm³/mol. The Morgan fingerprint density at radius 1 is 0.833 bits per heavy atom. The van der Waals surface area contributed by atoms with Crippen molar-refractivity contribution >= 4 is 0 Å². The second-order valence-electron chi connectivity index (χ2n) is 5.85. The van der Waals surface area contributed by atoms with Gasteiger partial charge in [-0.3, -0.25) is 0 Å². The summed E-state index contributed by atoms with van der Waals surface area (Å²) in [5.41, 5.74) is 3.07. The van der Waals surface area contributed by atoms with Crippen LogP contribution in [0.1, 0.15) is 51.7 Å². The van der Waals surface area contributed by atoms with Gasteiger partial charge in [-0.1, -0.05) is 52.0 Å². The van der Waals surface area contributed by atoms with Crippen LogP contribution >= 0.6 is 0 Å². The van der Waals surface area contributed by atoms with E-state index in [9.17, 15) is 0 Å². The first kappa shape index (κ1) is 20.7. The van der Waals surface area contributed by atoms with Gasteiger partial charge in [0.15, 0.2) is 0 Å². The van der Waals surface area contributed by atoms with Crippen molar-refractivity contribution in [2.45, 2.75) is 51.4 Å². The first-order valence-corrected chi connectivity index (χ1v) is 6.03. The average Bonchev–Trinajstić information content (AvgIpc) is 2.29. The van der Waals surface area contributed by atoms with E-state index in [1.807, 2.05) is 0 Å². The SMILES string of the molecule is [CH2-]CC(C)(C)c1cccc(C(C)(C)C[CH2-])c1.[Li+].[Li+]. The quantitative estimate of drug-likeness (QED) is 0.445. The third kappa shape index (κ3) is 4.83. The van der Waals surface area contributed by atoms with Crippen LogP contribution in [0.2, 0.25) is 0 Å². The minimum absolute atomic E-state index is 0. The van der Waals surface area contributed by atoms with Gasteiger partial charge in [-0.15, -0.1) is 0 Å². The largest absolute Gasteiger partial charge is 1.00 e. The zero-order valence-electron chi connectivity index (χ0n) is 13.1. The Morgan fingerprint density at radius 2 is 1.17 bits per heavy atom. The normalized spacial score (nSPS) is 11.4. The van der Waals surface area contributed by atoms with Gasteiger partial charge in [-0.2, -0.15) is 12.8 Å².